The Morgan fingerprint density at radius 3 is 1.67 bits per heavy atom. The monoisotopic (exact) mass is 281 g/mol. The topological polar surface area (TPSA) is 26.0 Å². The Morgan fingerprint density at radius 2 is 1.42 bits per heavy atom. The summed E-state index contributed by atoms with van der Waals surface area (Å²) in [6.45, 7) is 0. The summed E-state index contributed by atoms with van der Waals surface area (Å²) < 4.78 is 0. The van der Waals surface area contributed by atoms with Crippen molar-refractivity contribution in [2.45, 2.75) is 4.90 Å². The maximum absolute atomic E-state index is 5.44. The first-order valence-electron chi connectivity index (χ1n) is 2.34. The van der Waals surface area contributed by atoms with Gasteiger partial charge in [-0.25, -0.2) is 0 Å². The average Bonchev–Trinajstić information content (AvgIpc) is 1.77. The number of thiol groups is 1. The maximum Gasteiger partial charge on any atom is 0.0449 e. The number of benzene rings is 1. The van der Waals surface area contributed by atoms with E-state index < -0.39 is 0 Å². The van der Waals surface area contributed by atoms with E-state index in [-0.39, 0.29) is 58.9 Å². The second-order valence-corrected chi connectivity index (χ2v) is 2.04. The van der Waals surface area contributed by atoms with Crippen molar-refractivity contribution in [1.82, 2.24) is 0 Å². The molecule has 0 unspecified atom stereocenters. The summed E-state index contributed by atoms with van der Waals surface area (Å²) in [6, 6.07) is 7.47. The fourth-order valence-corrected chi connectivity index (χ4v) is 0.648. The fourth-order valence-electron chi connectivity index (χ4n) is 0.488. The molecular formula is C6H10Cl3NSTi. The van der Waals surface area contributed by atoms with Gasteiger partial charge in [0.2, 0.25) is 0 Å². The molecule has 0 radical (unpaired) electrons. The van der Waals surface area contributed by atoms with E-state index in [4.69, 9.17) is 5.73 Å². The van der Waals surface area contributed by atoms with Gasteiger partial charge in [-0.2, -0.15) is 0 Å². The number of hydrogen-bond donors (Lipinski definition) is 2. The van der Waals surface area contributed by atoms with E-state index in [0.717, 1.165) is 10.6 Å². The van der Waals surface area contributed by atoms with Crippen molar-refractivity contribution in [1.29, 1.82) is 0 Å². The predicted octanol–water partition coefficient (Wildman–Crippen LogP) is 2.82. The van der Waals surface area contributed by atoms with Crippen molar-refractivity contribution in [2.24, 2.45) is 0 Å². The van der Waals surface area contributed by atoms with Crippen LogP contribution in [0.3, 0.4) is 0 Å². The first-order chi connectivity index (χ1) is 3.80. The van der Waals surface area contributed by atoms with E-state index in [1.807, 2.05) is 24.3 Å². The van der Waals surface area contributed by atoms with Crippen molar-refractivity contribution >= 4 is 55.5 Å². The second-order valence-electron chi connectivity index (χ2n) is 1.56. The summed E-state index contributed by atoms with van der Waals surface area (Å²) >= 11 is 4.07. The molecule has 0 aliphatic carbocycles. The number of halogens is 3. The van der Waals surface area contributed by atoms with Gasteiger partial charge in [-0.1, -0.05) is 12.1 Å². The zero-order valence-corrected chi connectivity index (χ0v) is 11.0. The molecule has 0 atom stereocenters. The largest absolute Gasteiger partial charge is 0.398 e. The number of nitrogen functional groups attached to an aromatic ring is 1. The third-order valence-electron chi connectivity index (χ3n) is 0.937. The smallest absolute Gasteiger partial charge is 0.0449 e. The van der Waals surface area contributed by atoms with Crippen LogP contribution in [0.2, 0.25) is 0 Å². The van der Waals surface area contributed by atoms with E-state index in [1.54, 1.807) is 0 Å². The summed E-state index contributed by atoms with van der Waals surface area (Å²) in [5.41, 5.74) is 6.18. The molecule has 1 rings (SSSR count). The van der Waals surface area contributed by atoms with E-state index in [1.165, 1.54) is 0 Å². The van der Waals surface area contributed by atoms with Gasteiger partial charge in [0.1, 0.15) is 0 Å². The van der Waals surface area contributed by atoms with Crippen LogP contribution in [-0.2, 0) is 21.7 Å². The summed E-state index contributed by atoms with van der Waals surface area (Å²) in [6.07, 6.45) is 0. The molecule has 1 aromatic carbocycles. The van der Waals surface area contributed by atoms with Crippen molar-refractivity contribution in [3.63, 3.8) is 0 Å². The van der Waals surface area contributed by atoms with Crippen molar-refractivity contribution in [3.05, 3.63) is 24.3 Å². The van der Waals surface area contributed by atoms with Crippen LogP contribution in [0, 0.1) is 0 Å². The Labute approximate surface area is 111 Å². The molecular weight excluding hydrogens is 272 g/mol. The Morgan fingerprint density at radius 1 is 1.00 bits per heavy atom. The van der Waals surface area contributed by atoms with Crippen LogP contribution in [0.25, 0.3) is 0 Å². The normalized spacial score (nSPS) is 6.08. The first kappa shape index (κ1) is 23.1. The van der Waals surface area contributed by atoms with Crippen LogP contribution in [0.5, 0.6) is 0 Å². The van der Waals surface area contributed by atoms with Crippen LogP contribution in [0.1, 0.15) is 0 Å². The van der Waals surface area contributed by atoms with Crippen molar-refractivity contribution in [3.8, 4) is 0 Å². The molecule has 0 amide bonds. The van der Waals surface area contributed by atoms with Gasteiger partial charge < -0.3 is 5.73 Å². The van der Waals surface area contributed by atoms with Crippen LogP contribution in [-0.4, -0.2) is 0 Å². The minimum Gasteiger partial charge on any atom is -0.398 e. The molecule has 0 bridgehead atoms. The summed E-state index contributed by atoms with van der Waals surface area (Å²) in [5, 5.41) is 0. The molecule has 0 aliphatic heterocycles. The van der Waals surface area contributed by atoms with Gasteiger partial charge in [0.15, 0.2) is 0 Å². The summed E-state index contributed by atoms with van der Waals surface area (Å²) in [5.74, 6) is 0. The molecule has 1 nitrogen and oxygen atoms in total. The molecule has 70 valence electrons. The minimum atomic E-state index is 0. The van der Waals surface area contributed by atoms with Gasteiger partial charge in [-0.15, -0.1) is 49.8 Å². The Kier molecular flexibility index (Phi) is 23.0. The molecule has 12 heavy (non-hydrogen) atoms. The predicted molar refractivity (Wildman–Crippen MR) is 59.9 cm³/mol. The zero-order valence-electron chi connectivity index (χ0n) is 6.06. The molecule has 0 saturated carbocycles. The van der Waals surface area contributed by atoms with Crippen LogP contribution >= 0.6 is 49.8 Å². The summed E-state index contributed by atoms with van der Waals surface area (Å²) in [4.78, 5) is 0.840. The average molecular weight is 282 g/mol. The zero-order chi connectivity index (χ0) is 5.98. The van der Waals surface area contributed by atoms with Gasteiger partial charge in [-0.05, 0) is 12.1 Å². The Balaban J connectivity index is -0.0000000800. The number of hydrogen-bond acceptors (Lipinski definition) is 2. The number of para-hydroxylation sites is 1. The van der Waals surface area contributed by atoms with Gasteiger partial charge >= 0.3 is 0 Å². The summed E-state index contributed by atoms with van der Waals surface area (Å²) in [7, 11) is 0. The second kappa shape index (κ2) is 12.0. The Hall–Kier alpha value is 0.954. The van der Waals surface area contributed by atoms with Crippen LogP contribution in [0.4, 0.5) is 5.69 Å². The van der Waals surface area contributed by atoms with Gasteiger partial charge in [-0.3, -0.25) is 0 Å². The van der Waals surface area contributed by atoms with Crippen molar-refractivity contribution in [2.75, 3.05) is 5.73 Å². The van der Waals surface area contributed by atoms with Crippen LogP contribution in [0.15, 0.2) is 29.2 Å². The standard InChI is InChI=1S/C6H7NS.3ClH.Ti/c7-5-3-1-2-4-6(5)8;;;;/h1-4,8H,7H2;3*1H;. The third-order valence-corrected chi connectivity index (χ3v) is 1.34. The van der Waals surface area contributed by atoms with Crippen LogP contribution < -0.4 is 5.73 Å². The van der Waals surface area contributed by atoms with Gasteiger partial charge in [0, 0.05) is 32.3 Å². The number of anilines is 1. The number of nitrogens with two attached hydrogens (primary N) is 1. The molecule has 0 aliphatic rings. The van der Waals surface area contributed by atoms with Gasteiger partial charge in [0.25, 0.3) is 0 Å². The van der Waals surface area contributed by atoms with E-state index in [9.17, 15) is 0 Å². The van der Waals surface area contributed by atoms with Gasteiger partial charge in [0.05, 0.1) is 0 Å². The van der Waals surface area contributed by atoms with E-state index in [0.29, 0.717) is 0 Å². The molecule has 0 fully saturated rings. The van der Waals surface area contributed by atoms with Crippen molar-refractivity contribution < 1.29 is 21.7 Å². The van der Waals surface area contributed by atoms with E-state index in [2.05, 4.69) is 12.6 Å². The molecule has 2 N–H and O–H groups in total. The Bertz CT molecular complexity index is 179. The molecule has 1 aromatic rings. The molecule has 0 aromatic heterocycles. The quantitative estimate of drug-likeness (QED) is 0.427. The maximum atomic E-state index is 5.44. The molecule has 6 heteroatoms. The SMILES string of the molecule is Cl.Cl.Cl.Nc1ccccc1S.[Ti]. The first-order valence-corrected chi connectivity index (χ1v) is 2.79. The fraction of sp³-hybridized carbons (Fsp3) is 0. The minimum absolute atomic E-state index is 0. The number of rotatable bonds is 0. The molecule has 0 heterocycles. The molecule has 0 spiro atoms. The molecule has 0 saturated heterocycles. The van der Waals surface area contributed by atoms with E-state index >= 15 is 0 Å². The third kappa shape index (κ3) is 7.60.